The molecule has 1 saturated carbocycles. The number of methoxy groups -OCH3 is 1. The van der Waals surface area contributed by atoms with Crippen molar-refractivity contribution in [2.45, 2.75) is 30.1 Å². The number of hydrogen-bond acceptors (Lipinski definition) is 4. The van der Waals surface area contributed by atoms with Crippen molar-refractivity contribution in [3.05, 3.63) is 59.8 Å². The second kappa shape index (κ2) is 5.68. The third kappa shape index (κ3) is 2.96. The summed E-state index contributed by atoms with van der Waals surface area (Å²) in [6.07, 6.45) is 7.38. The molecule has 1 fully saturated rings. The number of ether oxygens (including phenoxy) is 1. The van der Waals surface area contributed by atoms with Gasteiger partial charge >= 0.3 is 0 Å². The fourth-order valence-corrected chi connectivity index (χ4v) is 4.41. The van der Waals surface area contributed by atoms with Crippen LogP contribution in [0.3, 0.4) is 0 Å². The minimum Gasteiger partial charge on any atom is -0.481 e. The molecule has 2 aromatic rings. The minimum absolute atomic E-state index is 0.167. The van der Waals surface area contributed by atoms with E-state index >= 15 is 0 Å². The van der Waals surface area contributed by atoms with Gasteiger partial charge in [-0.25, -0.2) is 18.5 Å². The highest BCUT2D eigenvalue weighted by atomic mass is 32.2. The zero-order chi connectivity index (χ0) is 17.7. The number of allylic oxidation sites excluding steroid dienone is 2. The molecule has 25 heavy (non-hydrogen) atoms. The quantitative estimate of drug-likeness (QED) is 0.912. The predicted octanol–water partition coefficient (Wildman–Crippen LogP) is 3.09. The van der Waals surface area contributed by atoms with Crippen LogP contribution in [0.2, 0.25) is 0 Å². The first kappa shape index (κ1) is 16.3. The van der Waals surface area contributed by atoms with Crippen LogP contribution < -0.4 is 9.88 Å². The summed E-state index contributed by atoms with van der Waals surface area (Å²) in [4.78, 5) is 4.46. The van der Waals surface area contributed by atoms with Crippen molar-refractivity contribution in [2.24, 2.45) is 10.6 Å². The summed E-state index contributed by atoms with van der Waals surface area (Å²) in [6, 6.07) is 10.9. The number of aromatic nitrogens is 1. The summed E-state index contributed by atoms with van der Waals surface area (Å²) in [7, 11) is -2.02. The van der Waals surface area contributed by atoms with Crippen LogP contribution in [0.4, 0.5) is 0 Å². The lowest BCUT2D eigenvalue weighted by molar-refractivity contribution is 0.398. The molecular formula is C19H20N2O3S. The van der Waals surface area contributed by atoms with Crippen LogP contribution in [-0.4, -0.2) is 20.5 Å². The van der Waals surface area contributed by atoms with Gasteiger partial charge in [-0.1, -0.05) is 18.2 Å². The third-order valence-electron chi connectivity index (χ3n) is 5.41. The molecule has 2 unspecified atom stereocenters. The Bertz CT molecular complexity index is 934. The molecule has 4 rings (SSSR count). The van der Waals surface area contributed by atoms with Gasteiger partial charge in [0.05, 0.1) is 12.0 Å². The topological polar surface area (TPSA) is 82.3 Å². The number of nitrogens with zero attached hydrogens (tertiary/aromatic N) is 1. The van der Waals surface area contributed by atoms with Gasteiger partial charge in [0.25, 0.3) is 0 Å². The smallest absolute Gasteiger partial charge is 0.238 e. The highest BCUT2D eigenvalue weighted by Gasteiger charge is 2.55. The fourth-order valence-electron chi connectivity index (χ4n) is 3.89. The van der Waals surface area contributed by atoms with Gasteiger partial charge in [-0.2, -0.15) is 0 Å². The zero-order valence-electron chi connectivity index (χ0n) is 14.0. The van der Waals surface area contributed by atoms with E-state index in [0.29, 0.717) is 11.8 Å². The van der Waals surface area contributed by atoms with Gasteiger partial charge in [0.15, 0.2) is 0 Å². The molecule has 2 N–H and O–H groups in total. The van der Waals surface area contributed by atoms with Crippen LogP contribution in [0, 0.1) is 5.41 Å². The standard InChI is InChI=1S/C19H20N2O3S/c1-24-18-7-4-15(12-21-18)14-8-9-19(10-14)11-17(19)13-2-5-16(6-3-13)25(20,22)23/h2-8,12,17H,9-11H2,1H3,(H2,20,22,23). The molecule has 2 aliphatic carbocycles. The first-order valence-electron chi connectivity index (χ1n) is 8.23. The first-order chi connectivity index (χ1) is 11.9. The summed E-state index contributed by atoms with van der Waals surface area (Å²) < 4.78 is 27.9. The van der Waals surface area contributed by atoms with Crippen LogP contribution in [0.5, 0.6) is 5.88 Å². The normalized spacial score (nSPS) is 25.0. The van der Waals surface area contributed by atoms with E-state index in [0.717, 1.165) is 24.8 Å². The van der Waals surface area contributed by atoms with E-state index in [4.69, 9.17) is 9.88 Å². The molecule has 0 bridgehead atoms. The van der Waals surface area contributed by atoms with Gasteiger partial charge in [-0.15, -0.1) is 0 Å². The molecule has 130 valence electrons. The van der Waals surface area contributed by atoms with Crippen LogP contribution in [0.15, 0.2) is 53.6 Å². The van der Waals surface area contributed by atoms with Gasteiger partial charge in [-0.05, 0) is 65.5 Å². The first-order valence-corrected chi connectivity index (χ1v) is 9.78. The molecule has 0 aliphatic heterocycles. The lowest BCUT2D eigenvalue weighted by atomic mass is 9.94. The van der Waals surface area contributed by atoms with Crippen LogP contribution >= 0.6 is 0 Å². The molecule has 1 aromatic heterocycles. The van der Waals surface area contributed by atoms with Crippen LogP contribution in [-0.2, 0) is 10.0 Å². The van der Waals surface area contributed by atoms with Crippen molar-refractivity contribution >= 4 is 15.6 Å². The van der Waals surface area contributed by atoms with Gasteiger partial charge < -0.3 is 4.74 Å². The molecule has 2 aliphatic rings. The number of hydrogen-bond donors (Lipinski definition) is 1. The fraction of sp³-hybridized carbons (Fsp3) is 0.316. The molecule has 2 atom stereocenters. The average molecular weight is 356 g/mol. The third-order valence-corrected chi connectivity index (χ3v) is 6.34. The Labute approximate surface area is 147 Å². The van der Waals surface area contributed by atoms with E-state index in [1.54, 1.807) is 19.2 Å². The van der Waals surface area contributed by atoms with Crippen molar-refractivity contribution in [1.82, 2.24) is 4.98 Å². The Balaban J connectivity index is 1.48. The monoisotopic (exact) mass is 356 g/mol. The molecule has 0 radical (unpaired) electrons. The van der Waals surface area contributed by atoms with Gasteiger partial charge in [-0.3, -0.25) is 0 Å². The summed E-state index contributed by atoms with van der Waals surface area (Å²) in [6.45, 7) is 0. The molecule has 1 spiro atoms. The second-order valence-corrected chi connectivity index (χ2v) is 8.49. The van der Waals surface area contributed by atoms with Crippen molar-refractivity contribution in [3.8, 4) is 5.88 Å². The van der Waals surface area contributed by atoms with E-state index in [2.05, 4.69) is 17.1 Å². The van der Waals surface area contributed by atoms with Crippen LogP contribution in [0.1, 0.15) is 36.3 Å². The maximum absolute atomic E-state index is 11.4. The molecule has 1 aromatic carbocycles. The Morgan fingerprint density at radius 2 is 1.96 bits per heavy atom. The Hall–Kier alpha value is -2.18. The van der Waals surface area contributed by atoms with E-state index in [1.807, 2.05) is 24.4 Å². The van der Waals surface area contributed by atoms with E-state index in [1.165, 1.54) is 11.1 Å². The summed E-state index contributed by atoms with van der Waals surface area (Å²) in [5, 5.41) is 5.17. The van der Waals surface area contributed by atoms with E-state index < -0.39 is 10.0 Å². The summed E-state index contributed by atoms with van der Waals surface area (Å²) in [5.41, 5.74) is 3.94. The molecule has 0 amide bonds. The second-order valence-electron chi connectivity index (χ2n) is 6.93. The molecular weight excluding hydrogens is 336 g/mol. The SMILES string of the molecule is COc1ccc(C2=CCC3(C2)CC3c2ccc(S(N)(=O)=O)cc2)cn1. The Kier molecular flexibility index (Phi) is 3.70. The number of primary sulfonamides is 1. The minimum atomic E-state index is -3.63. The number of pyridine rings is 1. The van der Waals surface area contributed by atoms with Crippen LogP contribution in [0.25, 0.3) is 5.57 Å². The number of rotatable bonds is 4. The summed E-state index contributed by atoms with van der Waals surface area (Å²) >= 11 is 0. The zero-order valence-corrected chi connectivity index (χ0v) is 14.8. The molecule has 6 heteroatoms. The van der Waals surface area contributed by atoms with Gasteiger partial charge in [0.2, 0.25) is 15.9 Å². The highest BCUT2D eigenvalue weighted by Crippen LogP contribution is 2.68. The average Bonchev–Trinajstić information content (AvgIpc) is 3.14. The Morgan fingerprint density at radius 1 is 1.20 bits per heavy atom. The van der Waals surface area contributed by atoms with E-state index in [-0.39, 0.29) is 10.3 Å². The highest BCUT2D eigenvalue weighted by molar-refractivity contribution is 7.89. The van der Waals surface area contributed by atoms with Crippen molar-refractivity contribution in [3.63, 3.8) is 0 Å². The van der Waals surface area contributed by atoms with Crippen molar-refractivity contribution < 1.29 is 13.2 Å². The van der Waals surface area contributed by atoms with Gasteiger partial charge in [0.1, 0.15) is 0 Å². The molecule has 0 saturated heterocycles. The lowest BCUT2D eigenvalue weighted by Crippen LogP contribution is -2.11. The lowest BCUT2D eigenvalue weighted by Gasteiger charge is -2.11. The molecule has 1 heterocycles. The maximum Gasteiger partial charge on any atom is 0.238 e. The van der Waals surface area contributed by atoms with Gasteiger partial charge in [0, 0.05) is 12.3 Å². The number of sulfonamides is 1. The maximum atomic E-state index is 11.4. The van der Waals surface area contributed by atoms with E-state index in [9.17, 15) is 8.42 Å². The van der Waals surface area contributed by atoms with Crippen molar-refractivity contribution in [1.29, 1.82) is 0 Å². The Morgan fingerprint density at radius 3 is 2.56 bits per heavy atom. The summed E-state index contributed by atoms with van der Waals surface area (Å²) in [5.74, 6) is 1.10. The number of benzene rings is 1. The molecule has 5 nitrogen and oxygen atoms in total. The largest absolute Gasteiger partial charge is 0.481 e. The number of nitrogens with two attached hydrogens (primary N) is 1. The van der Waals surface area contributed by atoms with Crippen molar-refractivity contribution in [2.75, 3.05) is 7.11 Å². The predicted molar refractivity (Wildman–Crippen MR) is 95.6 cm³/mol.